The Labute approximate surface area is 140 Å². The van der Waals surface area contributed by atoms with Crippen molar-refractivity contribution in [2.75, 3.05) is 13.1 Å². The third-order valence-corrected chi connectivity index (χ3v) is 3.70. The molecule has 6 heteroatoms. The fourth-order valence-corrected chi connectivity index (χ4v) is 2.54. The number of carbonyl (C=O) groups is 1. The van der Waals surface area contributed by atoms with Gasteiger partial charge in [0.25, 0.3) is 5.91 Å². The van der Waals surface area contributed by atoms with Crippen LogP contribution in [0, 0.1) is 0 Å². The average molecular weight is 324 g/mol. The molecule has 0 aromatic heterocycles. The molecule has 0 radical (unpaired) electrons. The Morgan fingerprint density at radius 1 is 1.12 bits per heavy atom. The van der Waals surface area contributed by atoms with Crippen molar-refractivity contribution in [2.24, 2.45) is 10.8 Å². The monoisotopic (exact) mass is 324 g/mol. The summed E-state index contributed by atoms with van der Waals surface area (Å²) in [5.41, 5.74) is 6.37. The summed E-state index contributed by atoms with van der Waals surface area (Å²) in [6, 6.07) is 18.6. The van der Waals surface area contributed by atoms with Crippen LogP contribution in [0.4, 0.5) is 0 Å². The lowest BCUT2D eigenvalue weighted by atomic mass is 10.2. The summed E-state index contributed by atoms with van der Waals surface area (Å²) in [5, 5.41) is 8.66. The predicted molar refractivity (Wildman–Crippen MR) is 92.6 cm³/mol. The first-order chi connectivity index (χ1) is 11.7. The molecule has 1 aliphatic rings. The molecule has 0 aliphatic carbocycles. The summed E-state index contributed by atoms with van der Waals surface area (Å²) >= 11 is 0. The van der Waals surface area contributed by atoms with Crippen LogP contribution in [0.2, 0.25) is 0 Å². The standard InChI is InChI=1S/C18H20N4O2/c19-18(20-17(23)14-7-3-1-4-8-14)21-22-12-11-16(13-22)24-15-9-5-2-6-10-15/h1-10,16H,11-13H2,(H3,19,20,21,23). The van der Waals surface area contributed by atoms with Crippen LogP contribution in [-0.2, 0) is 0 Å². The van der Waals surface area contributed by atoms with Gasteiger partial charge in [-0.15, -0.1) is 5.10 Å². The van der Waals surface area contributed by atoms with Gasteiger partial charge in [0.2, 0.25) is 5.96 Å². The normalized spacial score (nSPS) is 17.6. The number of amides is 1. The molecule has 24 heavy (non-hydrogen) atoms. The molecule has 3 N–H and O–H groups in total. The van der Waals surface area contributed by atoms with E-state index < -0.39 is 0 Å². The zero-order valence-corrected chi connectivity index (χ0v) is 13.3. The number of guanidine groups is 1. The van der Waals surface area contributed by atoms with E-state index in [1.54, 1.807) is 24.3 Å². The zero-order chi connectivity index (χ0) is 16.8. The zero-order valence-electron chi connectivity index (χ0n) is 13.3. The number of carbonyl (C=O) groups excluding carboxylic acids is 1. The van der Waals surface area contributed by atoms with Gasteiger partial charge >= 0.3 is 0 Å². The maximum Gasteiger partial charge on any atom is 0.257 e. The van der Waals surface area contributed by atoms with Crippen molar-refractivity contribution in [3.8, 4) is 5.75 Å². The van der Waals surface area contributed by atoms with E-state index in [9.17, 15) is 4.79 Å². The van der Waals surface area contributed by atoms with Crippen LogP contribution in [0.15, 0.2) is 65.8 Å². The molecule has 2 aromatic carbocycles. The summed E-state index contributed by atoms with van der Waals surface area (Å²) in [6.45, 7) is 1.37. The van der Waals surface area contributed by atoms with Gasteiger partial charge in [-0.25, -0.2) is 0 Å². The minimum atomic E-state index is -0.270. The summed E-state index contributed by atoms with van der Waals surface area (Å²) < 4.78 is 5.90. The van der Waals surface area contributed by atoms with Crippen LogP contribution in [0.3, 0.4) is 0 Å². The van der Waals surface area contributed by atoms with Gasteiger partial charge in [-0.2, -0.15) is 0 Å². The molecule has 124 valence electrons. The molecule has 6 nitrogen and oxygen atoms in total. The van der Waals surface area contributed by atoms with Crippen molar-refractivity contribution in [1.29, 1.82) is 0 Å². The van der Waals surface area contributed by atoms with Crippen molar-refractivity contribution in [1.82, 2.24) is 10.3 Å². The maximum absolute atomic E-state index is 12.0. The van der Waals surface area contributed by atoms with Gasteiger partial charge in [0.15, 0.2) is 0 Å². The van der Waals surface area contributed by atoms with Crippen LogP contribution in [-0.4, -0.2) is 36.1 Å². The molecular weight excluding hydrogens is 304 g/mol. The predicted octanol–water partition coefficient (Wildman–Crippen LogP) is 1.80. The van der Waals surface area contributed by atoms with Crippen molar-refractivity contribution in [2.45, 2.75) is 12.5 Å². The quantitative estimate of drug-likeness (QED) is 0.664. The van der Waals surface area contributed by atoms with Crippen molar-refractivity contribution >= 4 is 11.9 Å². The van der Waals surface area contributed by atoms with Crippen LogP contribution in [0.1, 0.15) is 16.8 Å². The lowest BCUT2D eigenvalue weighted by molar-refractivity contribution is 0.0976. The molecule has 1 heterocycles. The first-order valence-corrected chi connectivity index (χ1v) is 7.88. The molecule has 0 saturated carbocycles. The molecule has 1 saturated heterocycles. The smallest absolute Gasteiger partial charge is 0.257 e. The first kappa shape index (κ1) is 15.9. The molecule has 1 atom stereocenters. The van der Waals surface area contributed by atoms with E-state index in [1.165, 1.54) is 0 Å². The number of nitrogens with two attached hydrogens (primary N) is 1. The number of hydrazone groups is 1. The van der Waals surface area contributed by atoms with E-state index in [0.717, 1.165) is 18.7 Å². The second-order valence-corrected chi connectivity index (χ2v) is 5.56. The van der Waals surface area contributed by atoms with Crippen molar-refractivity contribution in [3.63, 3.8) is 0 Å². The van der Waals surface area contributed by atoms with Gasteiger partial charge in [-0.1, -0.05) is 36.4 Å². The number of benzene rings is 2. The number of nitrogens with zero attached hydrogens (tertiary/aromatic N) is 2. The van der Waals surface area contributed by atoms with Crippen LogP contribution < -0.4 is 15.8 Å². The minimum absolute atomic E-state index is 0.0637. The van der Waals surface area contributed by atoms with E-state index in [-0.39, 0.29) is 18.0 Å². The van der Waals surface area contributed by atoms with Gasteiger partial charge in [0.05, 0.1) is 6.54 Å². The largest absolute Gasteiger partial charge is 0.488 e. The molecule has 1 fully saturated rings. The fourth-order valence-electron chi connectivity index (χ4n) is 2.54. The number of hydrogen-bond acceptors (Lipinski definition) is 4. The van der Waals surface area contributed by atoms with E-state index in [4.69, 9.17) is 10.5 Å². The summed E-state index contributed by atoms with van der Waals surface area (Å²) in [5.74, 6) is 0.663. The second-order valence-electron chi connectivity index (χ2n) is 5.56. The lowest BCUT2D eigenvalue weighted by Crippen LogP contribution is -2.38. The minimum Gasteiger partial charge on any atom is -0.488 e. The molecule has 1 amide bonds. The molecule has 1 unspecified atom stereocenters. The first-order valence-electron chi connectivity index (χ1n) is 7.88. The van der Waals surface area contributed by atoms with E-state index in [2.05, 4.69) is 10.4 Å². The average Bonchev–Trinajstić information content (AvgIpc) is 3.03. The van der Waals surface area contributed by atoms with Gasteiger partial charge in [0.1, 0.15) is 11.9 Å². The number of nitrogens with one attached hydrogen (secondary N) is 1. The Balaban J connectivity index is 1.52. The molecule has 3 rings (SSSR count). The Hall–Kier alpha value is -3.02. The van der Waals surface area contributed by atoms with E-state index >= 15 is 0 Å². The topological polar surface area (TPSA) is 79.9 Å². The highest BCUT2D eigenvalue weighted by atomic mass is 16.5. The highest BCUT2D eigenvalue weighted by Gasteiger charge is 2.23. The highest BCUT2D eigenvalue weighted by Crippen LogP contribution is 2.17. The van der Waals surface area contributed by atoms with Crippen LogP contribution in [0.5, 0.6) is 5.75 Å². The van der Waals surface area contributed by atoms with Crippen molar-refractivity contribution in [3.05, 3.63) is 66.2 Å². The van der Waals surface area contributed by atoms with Gasteiger partial charge in [-0.05, 0) is 24.3 Å². The molecular formula is C18H20N4O2. The fraction of sp³-hybridized carbons (Fsp3) is 0.222. The lowest BCUT2D eigenvalue weighted by Gasteiger charge is -2.15. The van der Waals surface area contributed by atoms with Gasteiger partial charge in [0, 0.05) is 18.5 Å². The summed E-state index contributed by atoms with van der Waals surface area (Å²) in [4.78, 5) is 12.0. The Morgan fingerprint density at radius 2 is 1.79 bits per heavy atom. The van der Waals surface area contributed by atoms with E-state index in [1.807, 2.05) is 41.4 Å². The maximum atomic E-state index is 12.0. The second kappa shape index (κ2) is 7.50. The molecule has 0 bridgehead atoms. The van der Waals surface area contributed by atoms with Gasteiger partial charge in [-0.3, -0.25) is 15.1 Å². The Morgan fingerprint density at radius 3 is 2.50 bits per heavy atom. The highest BCUT2D eigenvalue weighted by molar-refractivity contribution is 6.05. The molecule has 0 spiro atoms. The number of rotatable bonds is 4. The Bertz CT molecular complexity index is 703. The van der Waals surface area contributed by atoms with Gasteiger partial charge < -0.3 is 10.5 Å². The summed E-state index contributed by atoms with van der Waals surface area (Å²) in [6.07, 6.45) is 0.923. The van der Waals surface area contributed by atoms with Crippen LogP contribution in [0.25, 0.3) is 0 Å². The van der Waals surface area contributed by atoms with Crippen molar-refractivity contribution < 1.29 is 9.53 Å². The third kappa shape index (κ3) is 4.25. The SMILES string of the molecule is NC(=NN1CCC(Oc2ccccc2)C1)NC(=O)c1ccccc1. The van der Waals surface area contributed by atoms with E-state index in [0.29, 0.717) is 12.1 Å². The Kier molecular flexibility index (Phi) is 4.96. The molecule has 1 aliphatic heterocycles. The summed E-state index contributed by atoms with van der Waals surface area (Å²) in [7, 11) is 0. The van der Waals surface area contributed by atoms with Crippen LogP contribution >= 0.6 is 0 Å². The third-order valence-electron chi connectivity index (χ3n) is 3.70. The number of para-hydroxylation sites is 1. The molecule has 2 aromatic rings. The number of ether oxygens (including phenoxy) is 1. The number of hydrogen-bond donors (Lipinski definition) is 2.